The fourth-order valence-electron chi connectivity index (χ4n) is 1.70. The van der Waals surface area contributed by atoms with Crippen molar-refractivity contribution >= 4 is 0 Å². The fourth-order valence-corrected chi connectivity index (χ4v) is 1.70. The summed E-state index contributed by atoms with van der Waals surface area (Å²) in [4.78, 5) is 0. The summed E-state index contributed by atoms with van der Waals surface area (Å²) in [6, 6.07) is 9.76. The fraction of sp³-hybridized carbons (Fsp3) is 0.562. The van der Waals surface area contributed by atoms with Gasteiger partial charge in [0.15, 0.2) is 6.61 Å². The summed E-state index contributed by atoms with van der Waals surface area (Å²) in [5.74, 6) is 0.736. The second-order valence-corrected chi connectivity index (χ2v) is 4.59. The van der Waals surface area contributed by atoms with Crippen LogP contribution in [-0.4, -0.2) is 26.4 Å². The van der Waals surface area contributed by atoms with E-state index in [-0.39, 0.29) is 6.61 Å². The van der Waals surface area contributed by atoms with Crippen molar-refractivity contribution in [2.24, 2.45) is 0 Å². The number of hydrogen-bond acceptors (Lipinski definition) is 4. The zero-order valence-electron chi connectivity index (χ0n) is 12.2. The molecule has 4 nitrogen and oxygen atoms in total. The molecule has 0 aromatic heterocycles. The highest BCUT2D eigenvalue weighted by Gasteiger charge is 1.96. The third-order valence-electron chi connectivity index (χ3n) is 2.84. The molecule has 1 N–H and O–H groups in total. The molecule has 0 aliphatic rings. The minimum Gasteiger partial charge on any atom is -0.479 e. The number of nitrogens with one attached hydrogen (secondary N) is 1. The topological polar surface area (TPSA) is 54.3 Å². The lowest BCUT2D eigenvalue weighted by molar-refractivity contribution is 0.129. The highest BCUT2D eigenvalue weighted by Crippen LogP contribution is 2.11. The Morgan fingerprint density at radius 2 is 1.90 bits per heavy atom. The molecule has 0 saturated heterocycles. The van der Waals surface area contributed by atoms with E-state index >= 15 is 0 Å². The molecule has 110 valence electrons. The molecule has 0 aliphatic heterocycles. The van der Waals surface area contributed by atoms with Crippen LogP contribution in [0.25, 0.3) is 0 Å². The van der Waals surface area contributed by atoms with Gasteiger partial charge in [0.2, 0.25) is 0 Å². The van der Waals surface area contributed by atoms with E-state index in [0.717, 1.165) is 44.9 Å². The third kappa shape index (κ3) is 7.78. The van der Waals surface area contributed by atoms with Crippen LogP contribution in [0.4, 0.5) is 0 Å². The van der Waals surface area contributed by atoms with E-state index in [9.17, 15) is 0 Å². The summed E-state index contributed by atoms with van der Waals surface area (Å²) in [5.41, 5.74) is 1.21. The minimum atomic E-state index is 0.0929. The van der Waals surface area contributed by atoms with Gasteiger partial charge in [-0.05, 0) is 37.1 Å². The van der Waals surface area contributed by atoms with Gasteiger partial charge in [-0.3, -0.25) is 0 Å². The van der Waals surface area contributed by atoms with Crippen molar-refractivity contribution in [3.63, 3.8) is 0 Å². The molecule has 1 rings (SSSR count). The van der Waals surface area contributed by atoms with E-state index in [1.165, 1.54) is 12.0 Å². The largest absolute Gasteiger partial charge is 0.479 e. The maximum atomic E-state index is 8.42. The average molecular weight is 276 g/mol. The molecule has 1 aromatic carbocycles. The van der Waals surface area contributed by atoms with Crippen molar-refractivity contribution in [1.29, 1.82) is 5.26 Å². The van der Waals surface area contributed by atoms with Crippen LogP contribution < -0.4 is 10.1 Å². The first kappa shape index (κ1) is 16.5. The SMILES string of the molecule is CCCCOCCCNCc1ccc(OCC#N)cc1. The Balaban J connectivity index is 2.06. The van der Waals surface area contributed by atoms with Crippen molar-refractivity contribution in [2.75, 3.05) is 26.4 Å². The zero-order valence-corrected chi connectivity index (χ0v) is 12.2. The number of unbranched alkanes of at least 4 members (excludes halogenated alkanes) is 1. The number of rotatable bonds is 11. The second-order valence-electron chi connectivity index (χ2n) is 4.59. The molecule has 0 spiro atoms. The molecule has 0 amide bonds. The summed E-state index contributed by atoms with van der Waals surface area (Å²) in [5, 5.41) is 11.8. The molecule has 1 aromatic rings. The number of nitriles is 1. The molecule has 0 fully saturated rings. The highest BCUT2D eigenvalue weighted by molar-refractivity contribution is 5.27. The maximum Gasteiger partial charge on any atom is 0.174 e. The van der Waals surface area contributed by atoms with Crippen LogP contribution >= 0.6 is 0 Å². The Labute approximate surface area is 121 Å². The van der Waals surface area contributed by atoms with E-state index < -0.39 is 0 Å². The molecule has 0 unspecified atom stereocenters. The van der Waals surface area contributed by atoms with Crippen LogP contribution in [-0.2, 0) is 11.3 Å². The van der Waals surface area contributed by atoms with Gasteiger partial charge >= 0.3 is 0 Å². The number of ether oxygens (including phenoxy) is 2. The zero-order chi connectivity index (χ0) is 14.5. The minimum absolute atomic E-state index is 0.0929. The third-order valence-corrected chi connectivity index (χ3v) is 2.84. The van der Waals surface area contributed by atoms with Crippen molar-refractivity contribution in [3.05, 3.63) is 29.8 Å². The lowest BCUT2D eigenvalue weighted by Crippen LogP contribution is -2.16. The van der Waals surface area contributed by atoms with Crippen molar-refractivity contribution in [1.82, 2.24) is 5.32 Å². The molecular formula is C16H24N2O2. The van der Waals surface area contributed by atoms with Crippen LogP contribution in [0.3, 0.4) is 0 Å². The van der Waals surface area contributed by atoms with Crippen molar-refractivity contribution < 1.29 is 9.47 Å². The molecule has 20 heavy (non-hydrogen) atoms. The van der Waals surface area contributed by atoms with Gasteiger partial charge in [0.05, 0.1) is 0 Å². The van der Waals surface area contributed by atoms with Gasteiger partial charge in [-0.15, -0.1) is 0 Å². The van der Waals surface area contributed by atoms with Crippen LogP contribution in [0.5, 0.6) is 5.75 Å². The lowest BCUT2D eigenvalue weighted by atomic mass is 10.2. The Bertz CT molecular complexity index is 384. The molecular weight excluding hydrogens is 252 g/mol. The second kappa shape index (κ2) is 11.3. The molecule has 0 radical (unpaired) electrons. The molecule has 0 saturated carbocycles. The van der Waals surface area contributed by atoms with Gasteiger partial charge in [0.1, 0.15) is 11.8 Å². The molecule has 0 heterocycles. The Morgan fingerprint density at radius 3 is 2.60 bits per heavy atom. The first-order chi connectivity index (χ1) is 9.86. The Hall–Kier alpha value is -1.57. The summed E-state index contributed by atoms with van der Waals surface area (Å²) < 4.78 is 10.7. The van der Waals surface area contributed by atoms with Gasteiger partial charge in [-0.2, -0.15) is 5.26 Å². The van der Waals surface area contributed by atoms with Gasteiger partial charge in [0, 0.05) is 19.8 Å². The first-order valence-corrected chi connectivity index (χ1v) is 7.24. The predicted octanol–water partition coefficient (Wildman–Crippen LogP) is 2.89. The number of hydrogen-bond donors (Lipinski definition) is 1. The standard InChI is InChI=1S/C16H24N2O2/c1-2-3-11-19-12-4-10-18-14-15-5-7-16(8-6-15)20-13-9-17/h5-8,18H,2-4,10-14H2,1H3. The summed E-state index contributed by atoms with van der Waals surface area (Å²) in [6.07, 6.45) is 3.37. The van der Waals surface area contributed by atoms with E-state index in [1.54, 1.807) is 0 Å². The highest BCUT2D eigenvalue weighted by atomic mass is 16.5. The van der Waals surface area contributed by atoms with Crippen molar-refractivity contribution in [3.8, 4) is 11.8 Å². The van der Waals surface area contributed by atoms with Gasteiger partial charge in [-0.1, -0.05) is 25.5 Å². The predicted molar refractivity (Wildman–Crippen MR) is 79.6 cm³/mol. The molecule has 0 bridgehead atoms. The summed E-state index contributed by atoms with van der Waals surface area (Å²) >= 11 is 0. The summed E-state index contributed by atoms with van der Waals surface area (Å²) in [7, 11) is 0. The molecule has 0 atom stereocenters. The normalized spacial score (nSPS) is 10.2. The van der Waals surface area contributed by atoms with Crippen LogP contribution in [0.2, 0.25) is 0 Å². The van der Waals surface area contributed by atoms with E-state index in [0.29, 0.717) is 0 Å². The Kier molecular flexibility index (Phi) is 9.29. The van der Waals surface area contributed by atoms with Gasteiger partial charge < -0.3 is 14.8 Å². The summed E-state index contributed by atoms with van der Waals surface area (Å²) in [6.45, 7) is 5.76. The lowest BCUT2D eigenvalue weighted by Gasteiger charge is -2.07. The smallest absolute Gasteiger partial charge is 0.174 e. The monoisotopic (exact) mass is 276 g/mol. The number of benzene rings is 1. The van der Waals surface area contributed by atoms with Crippen LogP contribution in [0, 0.1) is 11.3 Å². The van der Waals surface area contributed by atoms with Crippen LogP contribution in [0.1, 0.15) is 31.7 Å². The number of nitrogens with zero attached hydrogens (tertiary/aromatic N) is 1. The maximum absolute atomic E-state index is 8.42. The van der Waals surface area contributed by atoms with Crippen molar-refractivity contribution in [2.45, 2.75) is 32.7 Å². The average Bonchev–Trinajstić information content (AvgIpc) is 2.49. The van der Waals surface area contributed by atoms with E-state index in [1.807, 2.05) is 30.3 Å². The molecule has 4 heteroatoms. The van der Waals surface area contributed by atoms with Crippen LogP contribution in [0.15, 0.2) is 24.3 Å². The molecule has 0 aliphatic carbocycles. The van der Waals surface area contributed by atoms with Gasteiger partial charge in [0.25, 0.3) is 0 Å². The van der Waals surface area contributed by atoms with E-state index in [2.05, 4.69) is 12.2 Å². The van der Waals surface area contributed by atoms with E-state index in [4.69, 9.17) is 14.7 Å². The first-order valence-electron chi connectivity index (χ1n) is 7.24. The quantitative estimate of drug-likeness (QED) is 0.631. The Morgan fingerprint density at radius 1 is 1.15 bits per heavy atom. The van der Waals surface area contributed by atoms with Gasteiger partial charge in [-0.25, -0.2) is 0 Å².